The van der Waals surface area contributed by atoms with Gasteiger partial charge in [-0.2, -0.15) is 13.2 Å². The van der Waals surface area contributed by atoms with Crippen molar-refractivity contribution in [3.63, 3.8) is 0 Å². The van der Waals surface area contributed by atoms with Gasteiger partial charge >= 0.3 is 18.3 Å². The lowest BCUT2D eigenvalue weighted by Gasteiger charge is -2.13. The van der Waals surface area contributed by atoms with Crippen molar-refractivity contribution in [1.82, 2.24) is 19.5 Å². The third kappa shape index (κ3) is 3.80. The van der Waals surface area contributed by atoms with E-state index in [4.69, 9.17) is 4.74 Å². The first-order valence-electron chi connectivity index (χ1n) is 9.25. The summed E-state index contributed by atoms with van der Waals surface area (Å²) in [4.78, 5) is 34.5. The zero-order valence-electron chi connectivity index (χ0n) is 16.5. The van der Waals surface area contributed by atoms with Crippen LogP contribution in [-0.4, -0.2) is 33.0 Å². The number of imidazole rings is 1. The number of carbonyl (C=O) groups excluding carboxylic acids is 1. The Morgan fingerprint density at radius 2 is 1.84 bits per heavy atom. The van der Waals surface area contributed by atoms with E-state index in [1.165, 1.54) is 36.3 Å². The average Bonchev–Trinajstić information content (AvgIpc) is 3.09. The van der Waals surface area contributed by atoms with Crippen LogP contribution in [0.25, 0.3) is 22.6 Å². The van der Waals surface area contributed by atoms with E-state index in [1.54, 1.807) is 24.3 Å². The number of hydrogen-bond donors (Lipinski definition) is 2. The van der Waals surface area contributed by atoms with E-state index in [-0.39, 0.29) is 34.9 Å². The number of fused-ring (bicyclic) bond motifs is 1. The number of aromatic nitrogens is 4. The Kier molecular flexibility index (Phi) is 5.39. The molecule has 2 aromatic carbocycles. The topological polar surface area (TPSA) is 102 Å². The first-order chi connectivity index (χ1) is 15.3. The van der Waals surface area contributed by atoms with Gasteiger partial charge in [0.05, 0.1) is 19.2 Å². The lowest BCUT2D eigenvalue weighted by atomic mass is 10.1. The fourth-order valence-corrected chi connectivity index (χ4v) is 3.37. The van der Waals surface area contributed by atoms with Gasteiger partial charge in [-0.1, -0.05) is 36.4 Å². The number of rotatable bonds is 6. The number of aromatic amines is 1. The molecule has 4 aromatic rings. The maximum atomic E-state index is 13.5. The maximum absolute atomic E-state index is 13.5. The molecule has 2 N–H and O–H groups in total. The fourth-order valence-electron chi connectivity index (χ4n) is 3.37. The van der Waals surface area contributed by atoms with E-state index < -0.39 is 17.4 Å². The minimum atomic E-state index is -4.66. The molecule has 1 radical (unpaired) electrons. The van der Waals surface area contributed by atoms with E-state index >= 15 is 0 Å². The highest BCUT2D eigenvalue weighted by Gasteiger charge is 2.34. The molecule has 0 bridgehead atoms. The zero-order valence-corrected chi connectivity index (χ0v) is 16.5. The highest BCUT2D eigenvalue weighted by Crippen LogP contribution is 2.36. The van der Waals surface area contributed by atoms with Gasteiger partial charge in [0.1, 0.15) is 11.3 Å². The van der Waals surface area contributed by atoms with Crippen LogP contribution in [0.2, 0.25) is 0 Å². The summed E-state index contributed by atoms with van der Waals surface area (Å²) in [5.41, 5.74) is -1.12. The van der Waals surface area contributed by atoms with Crippen LogP contribution < -0.4 is 15.7 Å². The minimum absolute atomic E-state index is 0.0145. The number of halogens is 3. The molecule has 11 heteroatoms. The van der Waals surface area contributed by atoms with Crippen molar-refractivity contribution in [3.05, 3.63) is 70.1 Å². The summed E-state index contributed by atoms with van der Waals surface area (Å²) in [6, 6.07) is 11.7. The highest BCUT2D eigenvalue weighted by molar-refractivity contribution is 5.90. The molecule has 2 heterocycles. The second-order valence-electron chi connectivity index (χ2n) is 6.69. The number of ether oxygens (including phenoxy) is 1. The summed E-state index contributed by atoms with van der Waals surface area (Å²) in [5, 5.41) is 2.20. The fraction of sp³-hybridized carbons (Fsp3) is 0.143. The van der Waals surface area contributed by atoms with Gasteiger partial charge < -0.3 is 15.0 Å². The molecular weight excluding hydrogens is 427 g/mol. The van der Waals surface area contributed by atoms with Crippen LogP contribution in [0.3, 0.4) is 0 Å². The zero-order chi connectivity index (χ0) is 22.9. The van der Waals surface area contributed by atoms with E-state index in [9.17, 15) is 22.8 Å². The van der Waals surface area contributed by atoms with Crippen molar-refractivity contribution in [2.45, 2.75) is 12.7 Å². The smallest absolute Gasteiger partial charge is 0.417 e. The van der Waals surface area contributed by atoms with Crippen LogP contribution in [0.15, 0.2) is 53.3 Å². The van der Waals surface area contributed by atoms with Gasteiger partial charge in [0.2, 0.25) is 0 Å². The lowest BCUT2D eigenvalue weighted by molar-refractivity contribution is -0.137. The number of amides is 1. The third-order valence-corrected chi connectivity index (χ3v) is 4.79. The van der Waals surface area contributed by atoms with Crippen molar-refractivity contribution >= 4 is 23.4 Å². The number of nitrogens with zero attached hydrogens (tertiary/aromatic N) is 3. The van der Waals surface area contributed by atoms with Crippen molar-refractivity contribution in [3.8, 4) is 17.1 Å². The first kappa shape index (κ1) is 21.1. The minimum Gasteiger partial charge on any atom is -0.496 e. The number of H-pyrrole nitrogens is 1. The predicted molar refractivity (Wildman–Crippen MR) is 110 cm³/mol. The van der Waals surface area contributed by atoms with Crippen LogP contribution in [0.1, 0.15) is 11.1 Å². The number of para-hydroxylation sites is 1. The Bertz CT molecular complexity index is 1360. The predicted octanol–water partition coefficient (Wildman–Crippen LogP) is 3.34. The molecule has 0 aliphatic carbocycles. The van der Waals surface area contributed by atoms with Gasteiger partial charge in [-0.15, -0.1) is 0 Å². The van der Waals surface area contributed by atoms with Gasteiger partial charge in [-0.25, -0.2) is 14.8 Å². The summed E-state index contributed by atoms with van der Waals surface area (Å²) in [6.45, 7) is 0.0183. The Morgan fingerprint density at radius 1 is 1.12 bits per heavy atom. The Balaban J connectivity index is 1.96. The molecule has 32 heavy (non-hydrogen) atoms. The number of methoxy groups -OCH3 is 1. The van der Waals surface area contributed by atoms with Crippen LogP contribution >= 0.6 is 0 Å². The van der Waals surface area contributed by atoms with E-state index in [0.717, 1.165) is 6.07 Å². The molecule has 0 saturated carbocycles. The molecule has 0 unspecified atom stereocenters. The highest BCUT2D eigenvalue weighted by atomic mass is 19.4. The SMILES string of the molecule is COc1ccccc1Cn1c(=O)[nH]c2c(N[C]=O)nc(-c3ccccc3C(F)(F)F)nc21. The van der Waals surface area contributed by atoms with Crippen molar-refractivity contribution in [2.75, 3.05) is 12.4 Å². The van der Waals surface area contributed by atoms with Crippen LogP contribution in [0, 0.1) is 0 Å². The number of benzene rings is 2. The molecule has 0 saturated heterocycles. The van der Waals surface area contributed by atoms with Crippen molar-refractivity contribution in [1.29, 1.82) is 0 Å². The number of hydrogen-bond acceptors (Lipinski definition) is 5. The maximum Gasteiger partial charge on any atom is 0.417 e. The Hall–Kier alpha value is -4.15. The molecule has 0 fully saturated rings. The van der Waals surface area contributed by atoms with Crippen LogP contribution in [-0.2, 0) is 17.5 Å². The second-order valence-corrected chi connectivity index (χ2v) is 6.69. The van der Waals surface area contributed by atoms with Crippen molar-refractivity contribution < 1.29 is 22.7 Å². The van der Waals surface area contributed by atoms with E-state index in [1.807, 2.05) is 0 Å². The molecule has 0 atom stereocenters. The summed E-state index contributed by atoms with van der Waals surface area (Å²) in [6.07, 6.45) is -3.23. The number of alkyl halides is 3. The quantitative estimate of drug-likeness (QED) is 0.446. The Labute approximate surface area is 178 Å². The van der Waals surface area contributed by atoms with Gasteiger partial charge in [0.25, 0.3) is 0 Å². The Morgan fingerprint density at radius 3 is 2.56 bits per heavy atom. The van der Waals surface area contributed by atoms with Gasteiger partial charge in [0, 0.05) is 11.1 Å². The summed E-state index contributed by atoms with van der Waals surface area (Å²) in [7, 11) is 1.48. The molecule has 1 amide bonds. The molecule has 4 rings (SSSR count). The van der Waals surface area contributed by atoms with Crippen LogP contribution in [0.5, 0.6) is 5.75 Å². The standard InChI is InChI=1S/C21H15F3N5O3/c1-32-15-9-5-2-6-12(15)10-29-19-16(26-20(29)31)18(25-11-30)27-17(28-19)13-7-3-4-8-14(13)21(22,23)24/h2-9H,10H2,1H3,(H,26,31)(H,25,27,28,30). The van der Waals surface area contributed by atoms with E-state index in [0.29, 0.717) is 11.3 Å². The first-order valence-corrected chi connectivity index (χ1v) is 9.25. The molecule has 0 aliphatic rings. The number of anilines is 1. The molecular formula is C21H15F3N5O3. The van der Waals surface area contributed by atoms with Gasteiger partial charge in [-0.3, -0.25) is 9.36 Å². The molecule has 0 spiro atoms. The third-order valence-electron chi connectivity index (χ3n) is 4.79. The monoisotopic (exact) mass is 442 g/mol. The largest absolute Gasteiger partial charge is 0.496 e. The van der Waals surface area contributed by atoms with Crippen molar-refractivity contribution in [2.24, 2.45) is 0 Å². The lowest BCUT2D eigenvalue weighted by Crippen LogP contribution is -2.18. The van der Waals surface area contributed by atoms with Gasteiger partial charge in [-0.05, 0) is 12.1 Å². The van der Waals surface area contributed by atoms with Crippen LogP contribution in [0.4, 0.5) is 19.0 Å². The molecule has 2 aromatic heterocycles. The summed E-state index contributed by atoms with van der Waals surface area (Å²) < 4.78 is 47.2. The number of nitrogens with one attached hydrogen (secondary N) is 2. The van der Waals surface area contributed by atoms with E-state index in [2.05, 4.69) is 20.3 Å². The molecule has 8 nitrogen and oxygen atoms in total. The van der Waals surface area contributed by atoms with Gasteiger partial charge in [0.15, 0.2) is 17.3 Å². The second kappa shape index (κ2) is 8.17. The summed E-state index contributed by atoms with van der Waals surface area (Å²) >= 11 is 0. The average molecular weight is 442 g/mol. The molecule has 163 valence electrons. The normalized spacial score (nSPS) is 11.5. The summed E-state index contributed by atoms with van der Waals surface area (Å²) in [5.74, 6) is 0.0359. The molecule has 0 aliphatic heterocycles.